The average Bonchev–Trinajstić information content (AvgIpc) is 2.67. The predicted octanol–water partition coefficient (Wildman–Crippen LogP) is 2.09. The van der Waals surface area contributed by atoms with E-state index in [1.807, 2.05) is 29.7 Å². The first kappa shape index (κ1) is 13.2. The van der Waals surface area contributed by atoms with Gasteiger partial charge in [-0.25, -0.2) is 4.98 Å². The van der Waals surface area contributed by atoms with Gasteiger partial charge in [-0.05, 0) is 31.2 Å². The number of hydrogen-bond acceptors (Lipinski definition) is 4. The van der Waals surface area contributed by atoms with Crippen LogP contribution in [-0.2, 0) is 0 Å². The third-order valence-electron chi connectivity index (χ3n) is 2.87. The van der Waals surface area contributed by atoms with Crippen molar-refractivity contribution in [1.29, 1.82) is 0 Å². The standard InChI is InChI=1S/C13H19N3OS/c1-2-14-12-10-11(4-5-15-12)13(17)16-6-3-8-18-9-7-16/h4-5,10H,2-3,6-9H2,1H3,(H,14,15). The number of nitrogens with one attached hydrogen (secondary N) is 1. The molecule has 0 atom stereocenters. The molecule has 1 aliphatic rings. The van der Waals surface area contributed by atoms with Gasteiger partial charge < -0.3 is 10.2 Å². The van der Waals surface area contributed by atoms with Gasteiger partial charge in [0.05, 0.1) is 0 Å². The van der Waals surface area contributed by atoms with Gasteiger partial charge in [0.25, 0.3) is 5.91 Å². The highest BCUT2D eigenvalue weighted by Gasteiger charge is 2.17. The molecule has 1 aliphatic heterocycles. The molecule has 18 heavy (non-hydrogen) atoms. The predicted molar refractivity (Wildman–Crippen MR) is 76.2 cm³/mol. The first-order chi connectivity index (χ1) is 8.81. The van der Waals surface area contributed by atoms with Crippen molar-refractivity contribution in [2.45, 2.75) is 13.3 Å². The molecule has 0 bridgehead atoms. The molecular formula is C13H19N3OS. The zero-order chi connectivity index (χ0) is 12.8. The Hall–Kier alpha value is -1.23. The minimum atomic E-state index is 0.124. The molecular weight excluding hydrogens is 246 g/mol. The molecule has 0 aromatic carbocycles. The summed E-state index contributed by atoms with van der Waals surface area (Å²) in [6.45, 7) is 4.54. The molecule has 98 valence electrons. The van der Waals surface area contributed by atoms with Crippen molar-refractivity contribution < 1.29 is 4.79 Å². The first-order valence-electron chi connectivity index (χ1n) is 6.38. The average molecular weight is 265 g/mol. The minimum Gasteiger partial charge on any atom is -0.370 e. The molecule has 0 spiro atoms. The summed E-state index contributed by atoms with van der Waals surface area (Å²) >= 11 is 1.92. The minimum absolute atomic E-state index is 0.124. The van der Waals surface area contributed by atoms with Gasteiger partial charge >= 0.3 is 0 Å². The van der Waals surface area contributed by atoms with Crippen LogP contribution in [0.2, 0.25) is 0 Å². The summed E-state index contributed by atoms with van der Waals surface area (Å²) < 4.78 is 0. The quantitative estimate of drug-likeness (QED) is 0.909. The molecule has 0 unspecified atom stereocenters. The van der Waals surface area contributed by atoms with Crippen LogP contribution in [0.4, 0.5) is 5.82 Å². The van der Waals surface area contributed by atoms with Gasteiger partial charge in [0.15, 0.2) is 0 Å². The van der Waals surface area contributed by atoms with E-state index in [9.17, 15) is 4.79 Å². The number of anilines is 1. The number of rotatable bonds is 3. The number of hydrogen-bond donors (Lipinski definition) is 1. The summed E-state index contributed by atoms with van der Waals surface area (Å²) in [6, 6.07) is 3.63. The molecule has 0 radical (unpaired) electrons. The van der Waals surface area contributed by atoms with Crippen molar-refractivity contribution in [3.05, 3.63) is 23.9 Å². The van der Waals surface area contributed by atoms with Gasteiger partial charge in [0.1, 0.15) is 5.82 Å². The Balaban J connectivity index is 2.09. The van der Waals surface area contributed by atoms with Gasteiger partial charge in [-0.3, -0.25) is 4.79 Å². The van der Waals surface area contributed by atoms with E-state index in [1.54, 1.807) is 12.3 Å². The molecule has 1 aromatic rings. The number of nitrogens with zero attached hydrogens (tertiary/aromatic N) is 2. The third kappa shape index (κ3) is 3.38. The van der Waals surface area contributed by atoms with Crippen LogP contribution in [0.5, 0.6) is 0 Å². The van der Waals surface area contributed by atoms with Crippen LogP contribution < -0.4 is 5.32 Å². The lowest BCUT2D eigenvalue weighted by Crippen LogP contribution is -2.33. The number of carbonyl (C=O) groups is 1. The van der Waals surface area contributed by atoms with E-state index in [0.717, 1.165) is 48.9 Å². The molecule has 1 fully saturated rings. The molecule has 1 saturated heterocycles. The van der Waals surface area contributed by atoms with Gasteiger partial charge in [-0.15, -0.1) is 0 Å². The van der Waals surface area contributed by atoms with Crippen molar-refractivity contribution in [2.75, 3.05) is 36.5 Å². The Kier molecular flexibility index (Phi) is 4.87. The van der Waals surface area contributed by atoms with Crippen LogP contribution in [0, 0.1) is 0 Å². The molecule has 1 aromatic heterocycles. The van der Waals surface area contributed by atoms with Crippen LogP contribution in [0.15, 0.2) is 18.3 Å². The summed E-state index contributed by atoms with van der Waals surface area (Å²) in [7, 11) is 0. The first-order valence-corrected chi connectivity index (χ1v) is 7.53. The highest BCUT2D eigenvalue weighted by atomic mass is 32.2. The van der Waals surface area contributed by atoms with Crippen molar-refractivity contribution in [1.82, 2.24) is 9.88 Å². The topological polar surface area (TPSA) is 45.2 Å². The maximum Gasteiger partial charge on any atom is 0.254 e. The maximum atomic E-state index is 12.4. The Morgan fingerprint density at radius 1 is 1.50 bits per heavy atom. The van der Waals surface area contributed by atoms with Gasteiger partial charge in [-0.2, -0.15) is 11.8 Å². The molecule has 0 saturated carbocycles. The van der Waals surface area contributed by atoms with E-state index in [4.69, 9.17) is 0 Å². The van der Waals surface area contributed by atoms with Crippen molar-refractivity contribution in [3.8, 4) is 0 Å². The van der Waals surface area contributed by atoms with Crippen molar-refractivity contribution in [2.24, 2.45) is 0 Å². The lowest BCUT2D eigenvalue weighted by Gasteiger charge is -2.20. The summed E-state index contributed by atoms with van der Waals surface area (Å²) in [6.07, 6.45) is 2.78. The Labute approximate surface area is 112 Å². The normalized spacial score (nSPS) is 16.2. The van der Waals surface area contributed by atoms with E-state index in [0.29, 0.717) is 0 Å². The Morgan fingerprint density at radius 2 is 2.39 bits per heavy atom. The van der Waals surface area contributed by atoms with E-state index < -0.39 is 0 Å². The summed E-state index contributed by atoms with van der Waals surface area (Å²) in [4.78, 5) is 18.5. The zero-order valence-corrected chi connectivity index (χ0v) is 11.5. The molecule has 4 nitrogen and oxygen atoms in total. The summed E-state index contributed by atoms with van der Waals surface area (Å²) in [5.41, 5.74) is 0.729. The van der Waals surface area contributed by atoms with Crippen LogP contribution in [0.25, 0.3) is 0 Å². The highest BCUT2D eigenvalue weighted by Crippen LogP contribution is 2.14. The molecule has 0 aliphatic carbocycles. The number of amides is 1. The number of pyridine rings is 1. The van der Waals surface area contributed by atoms with Gasteiger partial charge in [0, 0.05) is 37.1 Å². The molecule has 5 heteroatoms. The fourth-order valence-electron chi connectivity index (χ4n) is 1.97. The van der Waals surface area contributed by atoms with Crippen molar-refractivity contribution in [3.63, 3.8) is 0 Å². The number of thioether (sulfide) groups is 1. The van der Waals surface area contributed by atoms with Crippen LogP contribution in [0.3, 0.4) is 0 Å². The van der Waals surface area contributed by atoms with Crippen molar-refractivity contribution >= 4 is 23.5 Å². The fourth-order valence-corrected chi connectivity index (χ4v) is 2.86. The molecule has 2 rings (SSSR count). The van der Waals surface area contributed by atoms with Gasteiger partial charge in [0.2, 0.25) is 0 Å². The second-order valence-electron chi connectivity index (χ2n) is 4.22. The molecule has 1 amide bonds. The smallest absolute Gasteiger partial charge is 0.254 e. The number of aromatic nitrogens is 1. The third-order valence-corrected chi connectivity index (χ3v) is 3.92. The van der Waals surface area contributed by atoms with Crippen LogP contribution in [0.1, 0.15) is 23.7 Å². The zero-order valence-electron chi connectivity index (χ0n) is 10.7. The molecule has 1 N–H and O–H groups in total. The van der Waals surface area contributed by atoms with E-state index in [2.05, 4.69) is 10.3 Å². The number of carbonyl (C=O) groups excluding carboxylic acids is 1. The largest absolute Gasteiger partial charge is 0.370 e. The lowest BCUT2D eigenvalue weighted by atomic mass is 10.2. The molecule has 2 heterocycles. The monoisotopic (exact) mass is 265 g/mol. The van der Waals surface area contributed by atoms with Crippen LogP contribution in [-0.4, -0.2) is 46.9 Å². The summed E-state index contributed by atoms with van der Waals surface area (Å²) in [5.74, 6) is 3.09. The second-order valence-corrected chi connectivity index (χ2v) is 5.44. The summed E-state index contributed by atoms with van der Waals surface area (Å²) in [5, 5.41) is 3.13. The van der Waals surface area contributed by atoms with Gasteiger partial charge in [-0.1, -0.05) is 0 Å². The van der Waals surface area contributed by atoms with E-state index >= 15 is 0 Å². The second kappa shape index (κ2) is 6.64. The van der Waals surface area contributed by atoms with E-state index in [1.165, 1.54) is 0 Å². The SMILES string of the molecule is CCNc1cc(C(=O)N2CCCSCC2)ccn1. The van der Waals surface area contributed by atoms with Crippen LogP contribution >= 0.6 is 11.8 Å². The maximum absolute atomic E-state index is 12.4. The lowest BCUT2D eigenvalue weighted by molar-refractivity contribution is 0.0768. The Morgan fingerprint density at radius 3 is 3.22 bits per heavy atom. The fraction of sp³-hybridized carbons (Fsp3) is 0.538. The Bertz CT molecular complexity index is 403. The van der Waals surface area contributed by atoms with E-state index in [-0.39, 0.29) is 5.91 Å². The highest BCUT2D eigenvalue weighted by molar-refractivity contribution is 7.99.